The highest BCUT2D eigenvalue weighted by atomic mass is 16.1. The van der Waals surface area contributed by atoms with Crippen molar-refractivity contribution in [2.45, 2.75) is 33.2 Å². The molecule has 0 aromatic heterocycles. The smallest absolute Gasteiger partial charge is 0.251 e. The third-order valence-corrected chi connectivity index (χ3v) is 4.04. The van der Waals surface area contributed by atoms with E-state index in [9.17, 15) is 4.79 Å². The van der Waals surface area contributed by atoms with Crippen LogP contribution in [0.4, 0.5) is 0 Å². The first-order chi connectivity index (χ1) is 13.2. The van der Waals surface area contributed by atoms with Crippen LogP contribution in [-0.2, 0) is 13.0 Å². The normalized spacial score (nSPS) is 11.1. The molecule has 0 radical (unpaired) electrons. The summed E-state index contributed by atoms with van der Waals surface area (Å²) in [5, 5.41) is 9.53. The predicted molar refractivity (Wildman–Crippen MR) is 112 cm³/mol. The van der Waals surface area contributed by atoms with E-state index in [1.807, 2.05) is 44.2 Å². The van der Waals surface area contributed by atoms with Crippen LogP contribution in [0.25, 0.3) is 0 Å². The molecule has 0 aliphatic carbocycles. The lowest BCUT2D eigenvalue weighted by molar-refractivity contribution is 0.0953. The fourth-order valence-electron chi connectivity index (χ4n) is 2.63. The van der Waals surface area contributed by atoms with Crippen molar-refractivity contribution in [3.05, 3.63) is 71.3 Å². The standard InChI is InChI=1S/C22H30N4O/c1-3-14-24-21(27)20-12-8-11-19(16-20)17-26-22(23-4-2)25-15-13-18-9-6-5-7-10-18/h5-12,16H,3-4,13-15,17H2,1-2H3,(H,24,27)(H2,23,25,26). The van der Waals surface area contributed by atoms with Gasteiger partial charge in [0.15, 0.2) is 5.96 Å². The van der Waals surface area contributed by atoms with Crippen molar-refractivity contribution >= 4 is 11.9 Å². The Bertz CT molecular complexity index is 728. The van der Waals surface area contributed by atoms with Gasteiger partial charge in [0.05, 0.1) is 6.54 Å². The molecule has 5 nitrogen and oxygen atoms in total. The zero-order chi connectivity index (χ0) is 19.3. The zero-order valence-electron chi connectivity index (χ0n) is 16.3. The summed E-state index contributed by atoms with van der Waals surface area (Å²) in [6, 6.07) is 18.0. The SMILES string of the molecule is CCCNC(=O)c1cccc(CN=C(NCC)NCCc2ccccc2)c1. The molecule has 2 aromatic carbocycles. The summed E-state index contributed by atoms with van der Waals surface area (Å²) < 4.78 is 0. The Morgan fingerprint density at radius 1 is 0.889 bits per heavy atom. The average Bonchev–Trinajstić information content (AvgIpc) is 2.71. The van der Waals surface area contributed by atoms with Gasteiger partial charge < -0.3 is 16.0 Å². The van der Waals surface area contributed by atoms with Crippen LogP contribution < -0.4 is 16.0 Å². The first-order valence-corrected chi connectivity index (χ1v) is 9.66. The highest BCUT2D eigenvalue weighted by Crippen LogP contribution is 2.07. The molecule has 0 fully saturated rings. The Labute approximate surface area is 162 Å². The van der Waals surface area contributed by atoms with Crippen molar-refractivity contribution in [2.24, 2.45) is 4.99 Å². The van der Waals surface area contributed by atoms with E-state index in [1.54, 1.807) is 0 Å². The number of hydrogen-bond donors (Lipinski definition) is 3. The number of benzene rings is 2. The highest BCUT2D eigenvalue weighted by Gasteiger charge is 2.05. The molecule has 0 saturated carbocycles. The first kappa shape index (κ1) is 20.5. The minimum atomic E-state index is -0.0319. The van der Waals surface area contributed by atoms with E-state index < -0.39 is 0 Å². The quantitative estimate of drug-likeness (QED) is 0.472. The van der Waals surface area contributed by atoms with Gasteiger partial charge in [0.25, 0.3) is 5.91 Å². The van der Waals surface area contributed by atoms with Crippen LogP contribution in [0.3, 0.4) is 0 Å². The third kappa shape index (κ3) is 7.52. The molecule has 0 bridgehead atoms. The molecule has 0 aliphatic heterocycles. The van der Waals surface area contributed by atoms with Crippen molar-refractivity contribution in [3.63, 3.8) is 0 Å². The summed E-state index contributed by atoms with van der Waals surface area (Å²) in [6.07, 6.45) is 1.87. The van der Waals surface area contributed by atoms with Crippen molar-refractivity contribution in [2.75, 3.05) is 19.6 Å². The van der Waals surface area contributed by atoms with Crippen LogP contribution in [0, 0.1) is 0 Å². The topological polar surface area (TPSA) is 65.5 Å². The molecule has 0 unspecified atom stereocenters. The molecule has 144 valence electrons. The summed E-state index contributed by atoms with van der Waals surface area (Å²) >= 11 is 0. The summed E-state index contributed by atoms with van der Waals surface area (Å²) in [7, 11) is 0. The molecule has 0 spiro atoms. The van der Waals surface area contributed by atoms with E-state index in [2.05, 4.69) is 45.2 Å². The van der Waals surface area contributed by atoms with Crippen LogP contribution in [0.2, 0.25) is 0 Å². The fourth-order valence-corrected chi connectivity index (χ4v) is 2.63. The van der Waals surface area contributed by atoms with Gasteiger partial charge in [-0.25, -0.2) is 4.99 Å². The summed E-state index contributed by atoms with van der Waals surface area (Å²) in [4.78, 5) is 16.7. The summed E-state index contributed by atoms with van der Waals surface area (Å²) in [5.41, 5.74) is 2.99. The second-order valence-corrected chi connectivity index (χ2v) is 6.31. The molecule has 0 atom stereocenters. The Hall–Kier alpha value is -2.82. The Kier molecular flexibility index (Phi) is 8.90. The fraction of sp³-hybridized carbons (Fsp3) is 0.364. The molecule has 2 rings (SSSR count). The molecular formula is C22H30N4O. The molecule has 1 amide bonds. The molecule has 0 heterocycles. The van der Waals surface area contributed by atoms with Crippen molar-refractivity contribution in [1.82, 2.24) is 16.0 Å². The highest BCUT2D eigenvalue weighted by molar-refractivity contribution is 5.94. The largest absolute Gasteiger partial charge is 0.357 e. The number of carbonyl (C=O) groups excluding carboxylic acids is 1. The van der Waals surface area contributed by atoms with Crippen molar-refractivity contribution in [3.8, 4) is 0 Å². The Morgan fingerprint density at radius 3 is 2.41 bits per heavy atom. The average molecular weight is 367 g/mol. The maximum absolute atomic E-state index is 12.1. The number of guanidine groups is 1. The number of rotatable bonds is 9. The van der Waals surface area contributed by atoms with Gasteiger partial charge in [0, 0.05) is 25.2 Å². The van der Waals surface area contributed by atoms with E-state index in [4.69, 9.17) is 0 Å². The van der Waals surface area contributed by atoms with Crippen LogP contribution >= 0.6 is 0 Å². The lowest BCUT2D eigenvalue weighted by Gasteiger charge is -2.11. The van der Waals surface area contributed by atoms with Gasteiger partial charge in [0.2, 0.25) is 0 Å². The van der Waals surface area contributed by atoms with E-state index in [0.717, 1.165) is 37.5 Å². The molecule has 0 aliphatic rings. The third-order valence-electron chi connectivity index (χ3n) is 4.04. The van der Waals surface area contributed by atoms with Crippen LogP contribution in [0.15, 0.2) is 59.6 Å². The molecule has 27 heavy (non-hydrogen) atoms. The minimum Gasteiger partial charge on any atom is -0.357 e. The lowest BCUT2D eigenvalue weighted by Crippen LogP contribution is -2.38. The number of amides is 1. The van der Waals surface area contributed by atoms with Gasteiger partial charge in [-0.3, -0.25) is 4.79 Å². The number of nitrogens with one attached hydrogen (secondary N) is 3. The first-order valence-electron chi connectivity index (χ1n) is 9.66. The number of nitrogens with zero attached hydrogens (tertiary/aromatic N) is 1. The van der Waals surface area contributed by atoms with E-state index >= 15 is 0 Å². The van der Waals surface area contributed by atoms with E-state index in [1.165, 1.54) is 5.56 Å². The van der Waals surface area contributed by atoms with E-state index in [-0.39, 0.29) is 5.91 Å². The maximum atomic E-state index is 12.1. The van der Waals surface area contributed by atoms with Gasteiger partial charge in [-0.05, 0) is 43.0 Å². The second-order valence-electron chi connectivity index (χ2n) is 6.31. The Balaban J connectivity index is 1.92. The van der Waals surface area contributed by atoms with Gasteiger partial charge >= 0.3 is 0 Å². The maximum Gasteiger partial charge on any atom is 0.251 e. The zero-order valence-corrected chi connectivity index (χ0v) is 16.3. The number of aliphatic imine (C=N–C) groups is 1. The molecule has 2 aromatic rings. The van der Waals surface area contributed by atoms with Crippen molar-refractivity contribution in [1.29, 1.82) is 0 Å². The van der Waals surface area contributed by atoms with Gasteiger partial charge in [0.1, 0.15) is 0 Å². The Morgan fingerprint density at radius 2 is 1.67 bits per heavy atom. The summed E-state index contributed by atoms with van der Waals surface area (Å²) in [6.45, 7) is 6.92. The van der Waals surface area contributed by atoms with Gasteiger partial charge in [-0.15, -0.1) is 0 Å². The van der Waals surface area contributed by atoms with Crippen LogP contribution in [0.1, 0.15) is 41.8 Å². The van der Waals surface area contributed by atoms with Crippen molar-refractivity contribution < 1.29 is 4.79 Å². The van der Waals surface area contributed by atoms with Crippen LogP contribution in [0.5, 0.6) is 0 Å². The number of hydrogen-bond acceptors (Lipinski definition) is 2. The van der Waals surface area contributed by atoms with Gasteiger partial charge in [-0.2, -0.15) is 0 Å². The van der Waals surface area contributed by atoms with Crippen LogP contribution in [-0.4, -0.2) is 31.5 Å². The molecular weight excluding hydrogens is 336 g/mol. The number of carbonyl (C=O) groups is 1. The predicted octanol–water partition coefficient (Wildman–Crippen LogP) is 3.12. The molecule has 0 saturated heterocycles. The second kappa shape index (κ2) is 11.7. The molecule has 5 heteroatoms. The van der Waals surface area contributed by atoms with Gasteiger partial charge in [-0.1, -0.05) is 49.4 Å². The molecule has 3 N–H and O–H groups in total. The van der Waals surface area contributed by atoms with E-state index in [0.29, 0.717) is 18.7 Å². The summed E-state index contributed by atoms with van der Waals surface area (Å²) in [5.74, 6) is 0.754. The minimum absolute atomic E-state index is 0.0319. The monoisotopic (exact) mass is 366 g/mol. The lowest BCUT2D eigenvalue weighted by atomic mass is 10.1.